The highest BCUT2D eigenvalue weighted by Gasteiger charge is 2.16. The van der Waals surface area contributed by atoms with Crippen LogP contribution in [0.1, 0.15) is 33.7 Å². The second-order valence-corrected chi connectivity index (χ2v) is 6.21. The molecular formula is C16H18N6O2S. The highest BCUT2D eigenvalue weighted by molar-refractivity contribution is 7.09. The predicted molar refractivity (Wildman–Crippen MR) is 93.1 cm³/mol. The normalized spacial score (nSPS) is 10.7. The van der Waals surface area contributed by atoms with E-state index in [2.05, 4.69) is 25.4 Å². The summed E-state index contributed by atoms with van der Waals surface area (Å²) in [5.74, 6) is 0.814. The second-order valence-electron chi connectivity index (χ2n) is 5.27. The molecule has 3 aromatic rings. The van der Waals surface area contributed by atoms with Gasteiger partial charge in [-0.15, -0.1) is 11.3 Å². The SMILES string of the molecule is CCOc1cc(-n2ncc(C(=O)NCc3nc(C)cs3)c2C)ncn1. The first-order chi connectivity index (χ1) is 12.1. The summed E-state index contributed by atoms with van der Waals surface area (Å²) < 4.78 is 6.96. The Labute approximate surface area is 148 Å². The topological polar surface area (TPSA) is 94.8 Å². The van der Waals surface area contributed by atoms with Gasteiger partial charge in [-0.05, 0) is 20.8 Å². The predicted octanol–water partition coefficient (Wildman–Crippen LogP) is 2.06. The molecule has 0 spiro atoms. The van der Waals surface area contributed by atoms with Crippen LogP contribution in [-0.2, 0) is 6.54 Å². The Morgan fingerprint density at radius 3 is 2.92 bits per heavy atom. The van der Waals surface area contributed by atoms with Gasteiger partial charge in [-0.25, -0.2) is 19.6 Å². The number of aromatic nitrogens is 5. The molecule has 0 saturated heterocycles. The average molecular weight is 358 g/mol. The lowest BCUT2D eigenvalue weighted by Crippen LogP contribution is -2.23. The van der Waals surface area contributed by atoms with Crippen molar-refractivity contribution in [1.29, 1.82) is 0 Å². The van der Waals surface area contributed by atoms with E-state index >= 15 is 0 Å². The summed E-state index contributed by atoms with van der Waals surface area (Å²) in [4.78, 5) is 25.0. The van der Waals surface area contributed by atoms with Crippen molar-refractivity contribution in [2.24, 2.45) is 0 Å². The van der Waals surface area contributed by atoms with Gasteiger partial charge >= 0.3 is 0 Å². The van der Waals surface area contributed by atoms with Crippen molar-refractivity contribution in [3.8, 4) is 11.7 Å². The molecule has 8 nitrogen and oxygen atoms in total. The molecule has 3 aromatic heterocycles. The molecule has 0 aliphatic carbocycles. The zero-order valence-electron chi connectivity index (χ0n) is 14.2. The molecule has 0 saturated carbocycles. The number of nitrogens with zero attached hydrogens (tertiary/aromatic N) is 5. The number of hydrogen-bond donors (Lipinski definition) is 1. The van der Waals surface area contributed by atoms with E-state index in [-0.39, 0.29) is 5.91 Å². The van der Waals surface area contributed by atoms with Crippen molar-refractivity contribution in [2.45, 2.75) is 27.3 Å². The number of hydrogen-bond acceptors (Lipinski definition) is 7. The largest absolute Gasteiger partial charge is 0.478 e. The minimum absolute atomic E-state index is 0.198. The third-order valence-corrected chi connectivity index (χ3v) is 4.42. The molecule has 0 fully saturated rings. The molecule has 1 amide bonds. The van der Waals surface area contributed by atoms with Gasteiger partial charge < -0.3 is 10.1 Å². The zero-order chi connectivity index (χ0) is 17.8. The Hall–Kier alpha value is -2.81. The number of carbonyl (C=O) groups is 1. The molecule has 130 valence electrons. The first-order valence-corrected chi connectivity index (χ1v) is 8.65. The van der Waals surface area contributed by atoms with Gasteiger partial charge in [-0.2, -0.15) is 5.10 Å². The maximum atomic E-state index is 12.4. The Morgan fingerprint density at radius 2 is 2.20 bits per heavy atom. The van der Waals surface area contributed by atoms with Gasteiger partial charge in [0, 0.05) is 17.1 Å². The van der Waals surface area contributed by atoms with E-state index in [9.17, 15) is 4.79 Å². The lowest BCUT2D eigenvalue weighted by Gasteiger charge is -2.07. The van der Waals surface area contributed by atoms with Crippen molar-refractivity contribution in [3.05, 3.63) is 45.9 Å². The van der Waals surface area contributed by atoms with Crippen LogP contribution in [0.15, 0.2) is 24.0 Å². The number of nitrogens with one attached hydrogen (secondary N) is 1. The molecular weight excluding hydrogens is 340 g/mol. The standard InChI is InChI=1S/C16H18N6O2S/c1-4-24-14-5-13(18-9-19-14)22-11(3)12(6-20-22)16(23)17-7-15-21-10(2)8-25-15/h5-6,8-9H,4,7H2,1-3H3,(H,17,23). The summed E-state index contributed by atoms with van der Waals surface area (Å²) in [6.45, 7) is 6.53. The van der Waals surface area contributed by atoms with Gasteiger partial charge in [0.15, 0.2) is 5.82 Å². The Kier molecular flexibility index (Phi) is 5.03. The first-order valence-electron chi connectivity index (χ1n) is 7.77. The van der Waals surface area contributed by atoms with Crippen molar-refractivity contribution >= 4 is 17.2 Å². The van der Waals surface area contributed by atoms with Gasteiger partial charge in [-0.3, -0.25) is 4.79 Å². The van der Waals surface area contributed by atoms with E-state index < -0.39 is 0 Å². The first kappa shape index (κ1) is 17.0. The number of rotatable bonds is 6. The van der Waals surface area contributed by atoms with Crippen LogP contribution in [0, 0.1) is 13.8 Å². The monoisotopic (exact) mass is 358 g/mol. The van der Waals surface area contributed by atoms with E-state index in [1.54, 1.807) is 10.7 Å². The molecule has 25 heavy (non-hydrogen) atoms. The fraction of sp³-hybridized carbons (Fsp3) is 0.312. The van der Waals surface area contributed by atoms with Gasteiger partial charge in [-0.1, -0.05) is 0 Å². The van der Waals surface area contributed by atoms with Crippen LogP contribution < -0.4 is 10.1 Å². The molecule has 0 atom stereocenters. The van der Waals surface area contributed by atoms with E-state index in [4.69, 9.17) is 4.74 Å². The minimum Gasteiger partial charge on any atom is -0.478 e. The van der Waals surface area contributed by atoms with E-state index in [0.717, 1.165) is 10.7 Å². The van der Waals surface area contributed by atoms with Crippen LogP contribution >= 0.6 is 11.3 Å². The highest BCUT2D eigenvalue weighted by atomic mass is 32.1. The summed E-state index contributed by atoms with van der Waals surface area (Å²) in [5, 5.41) is 9.95. The molecule has 3 rings (SSSR count). The summed E-state index contributed by atoms with van der Waals surface area (Å²) in [6.07, 6.45) is 2.94. The Balaban J connectivity index is 1.76. The number of ether oxygens (including phenoxy) is 1. The maximum Gasteiger partial charge on any atom is 0.255 e. The van der Waals surface area contributed by atoms with Crippen molar-refractivity contribution < 1.29 is 9.53 Å². The molecule has 9 heteroatoms. The van der Waals surface area contributed by atoms with Crippen LogP contribution in [-0.4, -0.2) is 37.2 Å². The maximum absolute atomic E-state index is 12.4. The molecule has 0 aliphatic heterocycles. The van der Waals surface area contributed by atoms with E-state index in [1.807, 2.05) is 26.2 Å². The number of amides is 1. The molecule has 3 heterocycles. The van der Waals surface area contributed by atoms with Gasteiger partial charge in [0.25, 0.3) is 5.91 Å². The van der Waals surface area contributed by atoms with Crippen LogP contribution in [0.5, 0.6) is 5.88 Å². The van der Waals surface area contributed by atoms with Gasteiger partial charge in [0.2, 0.25) is 5.88 Å². The molecule has 0 bridgehead atoms. The third kappa shape index (κ3) is 3.82. The fourth-order valence-electron chi connectivity index (χ4n) is 2.27. The van der Waals surface area contributed by atoms with E-state index in [0.29, 0.717) is 36.1 Å². The molecule has 1 N–H and O–H groups in total. The Morgan fingerprint density at radius 1 is 1.36 bits per heavy atom. The smallest absolute Gasteiger partial charge is 0.255 e. The molecule has 0 aromatic carbocycles. The lowest BCUT2D eigenvalue weighted by molar-refractivity contribution is 0.0950. The Bertz CT molecular complexity index is 888. The second kappa shape index (κ2) is 7.39. The van der Waals surface area contributed by atoms with Crippen LogP contribution in [0.25, 0.3) is 5.82 Å². The van der Waals surface area contributed by atoms with Gasteiger partial charge in [0.05, 0.1) is 30.6 Å². The number of aryl methyl sites for hydroxylation is 1. The molecule has 0 aliphatic rings. The summed E-state index contributed by atoms with van der Waals surface area (Å²) in [6, 6.07) is 1.68. The summed E-state index contributed by atoms with van der Waals surface area (Å²) >= 11 is 1.52. The number of carbonyl (C=O) groups excluding carboxylic acids is 1. The van der Waals surface area contributed by atoms with E-state index in [1.165, 1.54) is 23.9 Å². The number of thiazole rings is 1. The van der Waals surface area contributed by atoms with Crippen molar-refractivity contribution in [1.82, 2.24) is 30.0 Å². The van der Waals surface area contributed by atoms with Crippen LogP contribution in [0.3, 0.4) is 0 Å². The van der Waals surface area contributed by atoms with Crippen LogP contribution in [0.2, 0.25) is 0 Å². The summed E-state index contributed by atoms with van der Waals surface area (Å²) in [7, 11) is 0. The lowest BCUT2D eigenvalue weighted by atomic mass is 10.2. The summed E-state index contributed by atoms with van der Waals surface area (Å²) in [5.41, 5.74) is 2.13. The van der Waals surface area contributed by atoms with Crippen LogP contribution in [0.4, 0.5) is 0 Å². The quantitative estimate of drug-likeness (QED) is 0.725. The molecule has 0 unspecified atom stereocenters. The van der Waals surface area contributed by atoms with Crippen molar-refractivity contribution in [3.63, 3.8) is 0 Å². The minimum atomic E-state index is -0.198. The molecule has 0 radical (unpaired) electrons. The third-order valence-electron chi connectivity index (χ3n) is 3.46. The fourth-order valence-corrected chi connectivity index (χ4v) is 2.98. The zero-order valence-corrected chi connectivity index (χ0v) is 15.0. The van der Waals surface area contributed by atoms with Crippen molar-refractivity contribution in [2.75, 3.05) is 6.61 Å². The average Bonchev–Trinajstić information content (AvgIpc) is 3.19. The highest BCUT2D eigenvalue weighted by Crippen LogP contribution is 2.16. The van der Waals surface area contributed by atoms with Gasteiger partial charge in [0.1, 0.15) is 11.3 Å².